The Bertz CT molecular complexity index is 669. The molecule has 6 heteroatoms. The van der Waals surface area contributed by atoms with Gasteiger partial charge >= 0.3 is 0 Å². The lowest BCUT2D eigenvalue weighted by molar-refractivity contribution is 0.129. The molecule has 0 spiro atoms. The first kappa shape index (κ1) is 13.4. The SMILES string of the molecule is Nc1nc(N)c2c(n1)CC/C(=N/OCc1ccccc1)C2. The van der Waals surface area contributed by atoms with Gasteiger partial charge in [0.05, 0.1) is 11.4 Å². The van der Waals surface area contributed by atoms with E-state index >= 15 is 0 Å². The van der Waals surface area contributed by atoms with Crippen LogP contribution in [0.3, 0.4) is 0 Å². The fourth-order valence-corrected chi connectivity index (χ4v) is 2.37. The van der Waals surface area contributed by atoms with Crippen molar-refractivity contribution in [2.45, 2.75) is 25.9 Å². The molecule has 0 unspecified atom stereocenters. The third kappa shape index (κ3) is 3.10. The number of rotatable bonds is 3. The Hall–Kier alpha value is -2.63. The maximum atomic E-state index is 5.90. The first-order chi connectivity index (χ1) is 10.2. The lowest BCUT2D eigenvalue weighted by Gasteiger charge is -2.17. The number of hydrogen-bond donors (Lipinski definition) is 2. The number of nitrogen functional groups attached to an aromatic ring is 2. The molecule has 0 fully saturated rings. The van der Waals surface area contributed by atoms with E-state index in [4.69, 9.17) is 16.3 Å². The van der Waals surface area contributed by atoms with Crippen LogP contribution in [-0.2, 0) is 24.3 Å². The number of nitrogens with two attached hydrogens (primary N) is 2. The molecule has 1 aromatic heterocycles. The highest BCUT2D eigenvalue weighted by Gasteiger charge is 2.20. The molecule has 1 heterocycles. The van der Waals surface area contributed by atoms with Gasteiger partial charge in [-0.2, -0.15) is 4.98 Å². The summed E-state index contributed by atoms with van der Waals surface area (Å²) in [5.41, 5.74) is 15.4. The Labute approximate surface area is 122 Å². The summed E-state index contributed by atoms with van der Waals surface area (Å²) in [6, 6.07) is 9.94. The molecule has 4 N–H and O–H groups in total. The zero-order valence-electron chi connectivity index (χ0n) is 11.6. The Balaban J connectivity index is 1.67. The maximum Gasteiger partial charge on any atom is 0.222 e. The van der Waals surface area contributed by atoms with Gasteiger partial charge in [-0.3, -0.25) is 0 Å². The summed E-state index contributed by atoms with van der Waals surface area (Å²) >= 11 is 0. The van der Waals surface area contributed by atoms with Gasteiger partial charge in [0.2, 0.25) is 5.95 Å². The second kappa shape index (κ2) is 5.78. The van der Waals surface area contributed by atoms with E-state index in [2.05, 4.69) is 15.1 Å². The number of hydrogen-bond acceptors (Lipinski definition) is 6. The zero-order chi connectivity index (χ0) is 14.7. The highest BCUT2D eigenvalue weighted by Crippen LogP contribution is 2.23. The van der Waals surface area contributed by atoms with Gasteiger partial charge in [-0.25, -0.2) is 4.98 Å². The van der Waals surface area contributed by atoms with Crippen molar-refractivity contribution in [1.82, 2.24) is 9.97 Å². The normalized spacial score (nSPS) is 15.7. The summed E-state index contributed by atoms with van der Waals surface area (Å²) in [6.07, 6.45) is 2.19. The van der Waals surface area contributed by atoms with Crippen LogP contribution in [0.1, 0.15) is 23.2 Å². The van der Waals surface area contributed by atoms with Gasteiger partial charge in [0.25, 0.3) is 0 Å². The predicted octanol–water partition coefficient (Wildman–Crippen LogP) is 1.70. The minimum atomic E-state index is 0.229. The second-order valence-corrected chi connectivity index (χ2v) is 4.99. The molecule has 21 heavy (non-hydrogen) atoms. The van der Waals surface area contributed by atoms with E-state index in [-0.39, 0.29) is 5.95 Å². The van der Waals surface area contributed by atoms with Crippen molar-refractivity contribution in [3.05, 3.63) is 47.2 Å². The third-order valence-corrected chi connectivity index (χ3v) is 3.44. The molecular formula is C15H17N5O. The van der Waals surface area contributed by atoms with E-state index < -0.39 is 0 Å². The Morgan fingerprint density at radius 2 is 1.90 bits per heavy atom. The van der Waals surface area contributed by atoms with Gasteiger partial charge in [0.15, 0.2) is 0 Å². The molecule has 1 aromatic carbocycles. The van der Waals surface area contributed by atoms with E-state index in [0.29, 0.717) is 18.8 Å². The molecule has 0 aliphatic heterocycles. The number of anilines is 2. The highest BCUT2D eigenvalue weighted by molar-refractivity contribution is 5.89. The van der Waals surface area contributed by atoms with Gasteiger partial charge in [-0.15, -0.1) is 0 Å². The minimum absolute atomic E-state index is 0.229. The zero-order valence-corrected chi connectivity index (χ0v) is 11.6. The summed E-state index contributed by atoms with van der Waals surface area (Å²) < 4.78 is 0. The van der Waals surface area contributed by atoms with E-state index in [0.717, 1.165) is 35.4 Å². The van der Waals surface area contributed by atoms with Gasteiger partial charge in [-0.1, -0.05) is 35.5 Å². The van der Waals surface area contributed by atoms with Crippen LogP contribution in [0.4, 0.5) is 11.8 Å². The van der Waals surface area contributed by atoms with Crippen molar-refractivity contribution in [3.8, 4) is 0 Å². The van der Waals surface area contributed by atoms with E-state index in [9.17, 15) is 0 Å². The van der Waals surface area contributed by atoms with E-state index in [1.54, 1.807) is 0 Å². The van der Waals surface area contributed by atoms with Crippen LogP contribution < -0.4 is 11.5 Å². The number of nitrogens with zero attached hydrogens (tertiary/aromatic N) is 3. The van der Waals surface area contributed by atoms with Crippen molar-refractivity contribution in [1.29, 1.82) is 0 Å². The Morgan fingerprint density at radius 1 is 1.10 bits per heavy atom. The van der Waals surface area contributed by atoms with Crippen LogP contribution in [0.5, 0.6) is 0 Å². The summed E-state index contributed by atoms with van der Waals surface area (Å²) in [4.78, 5) is 13.6. The van der Waals surface area contributed by atoms with Crippen LogP contribution in [0, 0.1) is 0 Å². The molecule has 0 saturated carbocycles. The first-order valence-corrected chi connectivity index (χ1v) is 6.85. The molecule has 1 aliphatic rings. The molecule has 0 bridgehead atoms. The summed E-state index contributed by atoms with van der Waals surface area (Å²) in [5, 5.41) is 4.22. The van der Waals surface area contributed by atoms with Crippen molar-refractivity contribution < 1.29 is 4.84 Å². The van der Waals surface area contributed by atoms with Crippen molar-refractivity contribution in [2.75, 3.05) is 11.5 Å². The molecule has 6 nitrogen and oxygen atoms in total. The van der Waals surface area contributed by atoms with E-state index in [1.165, 1.54) is 0 Å². The van der Waals surface area contributed by atoms with E-state index in [1.807, 2.05) is 30.3 Å². The molecule has 3 rings (SSSR count). The van der Waals surface area contributed by atoms with Crippen LogP contribution in [-0.4, -0.2) is 15.7 Å². The highest BCUT2D eigenvalue weighted by atomic mass is 16.6. The molecule has 0 saturated heterocycles. The maximum absolute atomic E-state index is 5.90. The van der Waals surface area contributed by atoms with Crippen LogP contribution in [0.25, 0.3) is 0 Å². The number of aromatic nitrogens is 2. The summed E-state index contributed by atoms with van der Waals surface area (Å²) in [5.74, 6) is 0.667. The number of oxime groups is 1. The monoisotopic (exact) mass is 283 g/mol. The molecule has 0 atom stereocenters. The minimum Gasteiger partial charge on any atom is -0.391 e. The lowest BCUT2D eigenvalue weighted by Crippen LogP contribution is -2.19. The standard InChI is InChI=1S/C15H17N5O/c16-14-12-8-11(6-7-13(12)18-15(17)19-14)20-21-9-10-4-2-1-3-5-10/h1-5H,6-9H2,(H4,16,17,18,19)/b20-11-. The van der Waals surface area contributed by atoms with Gasteiger partial charge in [-0.05, 0) is 18.4 Å². The average Bonchev–Trinajstić information content (AvgIpc) is 2.49. The predicted molar refractivity (Wildman–Crippen MR) is 81.5 cm³/mol. The summed E-state index contributed by atoms with van der Waals surface area (Å²) in [7, 11) is 0. The number of fused-ring (bicyclic) bond motifs is 1. The fraction of sp³-hybridized carbons (Fsp3) is 0.267. The topological polar surface area (TPSA) is 99.4 Å². The Morgan fingerprint density at radius 3 is 2.71 bits per heavy atom. The quantitative estimate of drug-likeness (QED) is 0.835. The van der Waals surface area contributed by atoms with Crippen LogP contribution in [0.2, 0.25) is 0 Å². The lowest BCUT2D eigenvalue weighted by atomic mass is 9.95. The largest absolute Gasteiger partial charge is 0.391 e. The molecule has 2 aromatic rings. The van der Waals surface area contributed by atoms with Gasteiger partial charge in [0, 0.05) is 12.0 Å². The second-order valence-electron chi connectivity index (χ2n) is 4.99. The summed E-state index contributed by atoms with van der Waals surface area (Å²) in [6.45, 7) is 0.463. The van der Waals surface area contributed by atoms with Crippen molar-refractivity contribution in [2.24, 2.45) is 5.16 Å². The first-order valence-electron chi connectivity index (χ1n) is 6.85. The molecule has 1 aliphatic carbocycles. The van der Waals surface area contributed by atoms with Crippen LogP contribution >= 0.6 is 0 Å². The van der Waals surface area contributed by atoms with Crippen LogP contribution in [0.15, 0.2) is 35.5 Å². The van der Waals surface area contributed by atoms with Crippen molar-refractivity contribution in [3.63, 3.8) is 0 Å². The molecule has 0 amide bonds. The fourth-order valence-electron chi connectivity index (χ4n) is 2.37. The van der Waals surface area contributed by atoms with Gasteiger partial charge in [0.1, 0.15) is 12.4 Å². The number of benzene rings is 1. The Kier molecular flexibility index (Phi) is 3.68. The molecular weight excluding hydrogens is 266 g/mol. The molecule has 108 valence electrons. The average molecular weight is 283 g/mol. The molecule has 0 radical (unpaired) electrons. The smallest absolute Gasteiger partial charge is 0.222 e. The number of aryl methyl sites for hydroxylation is 1. The van der Waals surface area contributed by atoms with Crippen molar-refractivity contribution >= 4 is 17.5 Å². The third-order valence-electron chi connectivity index (χ3n) is 3.44. The van der Waals surface area contributed by atoms with Gasteiger partial charge < -0.3 is 16.3 Å².